The molecule has 0 fully saturated rings. The molecule has 0 saturated heterocycles. The van der Waals surface area contributed by atoms with Crippen molar-refractivity contribution in [3.63, 3.8) is 0 Å². The Morgan fingerprint density at radius 3 is 2.78 bits per heavy atom. The summed E-state index contributed by atoms with van der Waals surface area (Å²) in [5.74, 6) is 0.00985. The standard InChI is InChI=1S/C16H14N4O2S/c1-11-8-17-16(23-11)20-15(21)13-7-14(19-10-18-13)22-9-12-5-3-2-4-6-12/h2-8,10H,9H2,1H3,(H,17,20,21). The first-order valence-corrected chi connectivity index (χ1v) is 7.75. The second-order valence-electron chi connectivity index (χ2n) is 4.75. The molecule has 0 bridgehead atoms. The molecule has 23 heavy (non-hydrogen) atoms. The van der Waals surface area contributed by atoms with Gasteiger partial charge in [-0.25, -0.2) is 15.0 Å². The molecule has 0 atom stereocenters. The zero-order valence-corrected chi connectivity index (χ0v) is 13.2. The zero-order valence-electron chi connectivity index (χ0n) is 12.4. The Morgan fingerprint density at radius 1 is 1.22 bits per heavy atom. The highest BCUT2D eigenvalue weighted by molar-refractivity contribution is 7.15. The molecule has 0 aliphatic rings. The maximum absolute atomic E-state index is 12.2. The largest absolute Gasteiger partial charge is 0.473 e. The van der Waals surface area contributed by atoms with Crippen LogP contribution in [0.2, 0.25) is 0 Å². The average Bonchev–Trinajstić information content (AvgIpc) is 2.99. The van der Waals surface area contributed by atoms with Gasteiger partial charge in [0.15, 0.2) is 5.13 Å². The van der Waals surface area contributed by atoms with Gasteiger partial charge >= 0.3 is 0 Å². The number of ether oxygens (including phenoxy) is 1. The number of nitrogens with one attached hydrogen (secondary N) is 1. The summed E-state index contributed by atoms with van der Waals surface area (Å²) in [7, 11) is 0. The van der Waals surface area contributed by atoms with Crippen LogP contribution in [0.15, 0.2) is 48.9 Å². The Labute approximate surface area is 137 Å². The Bertz CT molecular complexity index is 805. The van der Waals surface area contributed by atoms with E-state index in [1.807, 2.05) is 37.3 Å². The van der Waals surface area contributed by atoms with Crippen LogP contribution in [-0.4, -0.2) is 20.9 Å². The van der Waals surface area contributed by atoms with Gasteiger partial charge in [-0.15, -0.1) is 11.3 Å². The Morgan fingerprint density at radius 2 is 2.04 bits per heavy atom. The SMILES string of the molecule is Cc1cnc(NC(=O)c2cc(OCc3ccccc3)ncn2)s1. The van der Waals surface area contributed by atoms with Crippen LogP contribution < -0.4 is 10.1 Å². The quantitative estimate of drug-likeness (QED) is 0.779. The number of hydrogen-bond acceptors (Lipinski definition) is 6. The second kappa shape index (κ2) is 6.97. The predicted octanol–water partition coefficient (Wildman–Crippen LogP) is 3.07. The molecule has 0 aliphatic heterocycles. The lowest BCUT2D eigenvalue weighted by atomic mass is 10.2. The average molecular weight is 326 g/mol. The van der Waals surface area contributed by atoms with E-state index >= 15 is 0 Å². The number of thiazole rings is 1. The third kappa shape index (κ3) is 4.10. The summed E-state index contributed by atoms with van der Waals surface area (Å²) < 4.78 is 5.59. The van der Waals surface area contributed by atoms with Crippen molar-refractivity contribution in [2.45, 2.75) is 13.5 Å². The highest BCUT2D eigenvalue weighted by Gasteiger charge is 2.11. The van der Waals surface area contributed by atoms with E-state index in [1.165, 1.54) is 23.7 Å². The molecular formula is C16H14N4O2S. The van der Waals surface area contributed by atoms with Gasteiger partial charge in [-0.05, 0) is 12.5 Å². The molecule has 0 radical (unpaired) electrons. The number of hydrogen-bond donors (Lipinski definition) is 1. The molecule has 0 unspecified atom stereocenters. The van der Waals surface area contributed by atoms with Crippen LogP contribution in [0.5, 0.6) is 5.88 Å². The fraction of sp³-hybridized carbons (Fsp3) is 0.125. The number of aromatic nitrogens is 3. The summed E-state index contributed by atoms with van der Waals surface area (Å²) >= 11 is 1.40. The molecule has 0 aliphatic carbocycles. The lowest BCUT2D eigenvalue weighted by molar-refractivity contribution is 0.102. The smallest absolute Gasteiger partial charge is 0.276 e. The molecule has 6 nitrogen and oxygen atoms in total. The molecule has 116 valence electrons. The molecular weight excluding hydrogens is 312 g/mol. The van der Waals surface area contributed by atoms with Crippen LogP contribution in [0.4, 0.5) is 5.13 Å². The summed E-state index contributed by atoms with van der Waals surface area (Å²) in [6.45, 7) is 2.30. The van der Waals surface area contributed by atoms with Crippen LogP contribution in [0.3, 0.4) is 0 Å². The van der Waals surface area contributed by atoms with E-state index in [9.17, 15) is 4.79 Å². The molecule has 7 heteroatoms. The van der Waals surface area contributed by atoms with Crippen molar-refractivity contribution >= 4 is 22.4 Å². The second-order valence-corrected chi connectivity index (χ2v) is 5.98. The zero-order chi connectivity index (χ0) is 16.1. The van der Waals surface area contributed by atoms with Crippen molar-refractivity contribution in [3.8, 4) is 5.88 Å². The van der Waals surface area contributed by atoms with Crippen molar-refractivity contribution in [2.75, 3.05) is 5.32 Å². The van der Waals surface area contributed by atoms with Crippen molar-refractivity contribution < 1.29 is 9.53 Å². The van der Waals surface area contributed by atoms with Gasteiger partial charge in [0, 0.05) is 17.1 Å². The minimum absolute atomic E-state index is 0.232. The molecule has 1 N–H and O–H groups in total. The van der Waals surface area contributed by atoms with Crippen molar-refractivity contribution in [1.82, 2.24) is 15.0 Å². The number of nitrogens with zero attached hydrogens (tertiary/aromatic N) is 3. The third-order valence-electron chi connectivity index (χ3n) is 2.95. The normalized spacial score (nSPS) is 10.3. The van der Waals surface area contributed by atoms with E-state index in [1.54, 1.807) is 6.20 Å². The molecule has 3 rings (SSSR count). The maximum Gasteiger partial charge on any atom is 0.276 e. The Balaban J connectivity index is 1.65. The van der Waals surface area contributed by atoms with E-state index in [2.05, 4.69) is 20.3 Å². The van der Waals surface area contributed by atoms with Crippen LogP contribution >= 0.6 is 11.3 Å². The molecule has 0 spiro atoms. The minimum Gasteiger partial charge on any atom is -0.473 e. The number of aryl methyl sites for hydroxylation is 1. The Kier molecular flexibility index (Phi) is 4.58. The van der Waals surface area contributed by atoms with Gasteiger partial charge < -0.3 is 4.74 Å². The van der Waals surface area contributed by atoms with Gasteiger partial charge in [0.05, 0.1) is 0 Å². The first kappa shape index (κ1) is 15.1. The summed E-state index contributed by atoms with van der Waals surface area (Å²) in [5.41, 5.74) is 1.26. The van der Waals surface area contributed by atoms with Gasteiger partial charge in [0.2, 0.25) is 5.88 Å². The van der Waals surface area contributed by atoms with E-state index < -0.39 is 0 Å². The fourth-order valence-electron chi connectivity index (χ4n) is 1.85. The molecule has 0 saturated carbocycles. The number of carbonyl (C=O) groups is 1. The van der Waals surface area contributed by atoms with Crippen LogP contribution in [0.25, 0.3) is 0 Å². The van der Waals surface area contributed by atoms with Gasteiger partial charge in [-0.3, -0.25) is 10.1 Å². The van der Waals surface area contributed by atoms with E-state index in [0.29, 0.717) is 17.6 Å². The monoisotopic (exact) mass is 326 g/mol. The van der Waals surface area contributed by atoms with Gasteiger partial charge in [0.25, 0.3) is 5.91 Å². The molecule has 3 aromatic rings. The fourth-order valence-corrected chi connectivity index (χ4v) is 2.51. The van der Waals surface area contributed by atoms with E-state index in [0.717, 1.165) is 10.4 Å². The number of amides is 1. The lowest BCUT2D eigenvalue weighted by Gasteiger charge is -2.06. The molecule has 1 aromatic carbocycles. The summed E-state index contributed by atoms with van der Waals surface area (Å²) in [4.78, 5) is 25.3. The number of anilines is 1. The van der Waals surface area contributed by atoms with Crippen molar-refractivity contribution in [2.24, 2.45) is 0 Å². The lowest BCUT2D eigenvalue weighted by Crippen LogP contribution is -2.14. The maximum atomic E-state index is 12.2. The van der Waals surface area contributed by atoms with Crippen molar-refractivity contribution in [1.29, 1.82) is 0 Å². The van der Waals surface area contributed by atoms with Gasteiger partial charge in [0.1, 0.15) is 18.6 Å². The molecule has 2 aromatic heterocycles. The van der Waals surface area contributed by atoms with Gasteiger partial charge in [-0.1, -0.05) is 30.3 Å². The molecule has 2 heterocycles. The number of rotatable bonds is 5. The first-order chi connectivity index (χ1) is 11.2. The first-order valence-electron chi connectivity index (χ1n) is 6.93. The number of carbonyl (C=O) groups excluding carboxylic acids is 1. The van der Waals surface area contributed by atoms with Gasteiger partial charge in [-0.2, -0.15) is 0 Å². The highest BCUT2D eigenvalue weighted by atomic mass is 32.1. The third-order valence-corrected chi connectivity index (χ3v) is 3.77. The minimum atomic E-state index is -0.341. The summed E-state index contributed by atoms with van der Waals surface area (Å²) in [5, 5.41) is 3.24. The predicted molar refractivity (Wildman–Crippen MR) is 87.6 cm³/mol. The summed E-state index contributed by atoms with van der Waals surface area (Å²) in [6.07, 6.45) is 3.01. The van der Waals surface area contributed by atoms with Crippen molar-refractivity contribution in [3.05, 3.63) is 65.1 Å². The Hall–Kier alpha value is -2.80. The van der Waals surface area contributed by atoms with Crippen LogP contribution in [0, 0.1) is 6.92 Å². The van der Waals surface area contributed by atoms with E-state index in [-0.39, 0.29) is 11.6 Å². The number of benzene rings is 1. The highest BCUT2D eigenvalue weighted by Crippen LogP contribution is 2.18. The topological polar surface area (TPSA) is 77.0 Å². The van der Waals surface area contributed by atoms with Crippen LogP contribution in [0.1, 0.15) is 20.9 Å². The van der Waals surface area contributed by atoms with E-state index in [4.69, 9.17) is 4.74 Å². The van der Waals surface area contributed by atoms with Crippen LogP contribution in [-0.2, 0) is 6.61 Å². The molecule has 1 amide bonds. The summed E-state index contributed by atoms with van der Waals surface area (Å²) in [6, 6.07) is 11.2.